The molecule has 13 heavy (non-hydrogen) atoms. The molecule has 4 heteroatoms. The van der Waals surface area contributed by atoms with Crippen LogP contribution in [0.1, 0.15) is 11.1 Å². The van der Waals surface area contributed by atoms with Gasteiger partial charge in [0.05, 0.1) is 6.61 Å². The summed E-state index contributed by atoms with van der Waals surface area (Å²) in [7, 11) is 1.45. The minimum Gasteiger partial charge on any atom is -0.380 e. The van der Waals surface area contributed by atoms with E-state index >= 15 is 0 Å². The summed E-state index contributed by atoms with van der Waals surface area (Å²) >= 11 is 0. The number of benzene rings is 1. The van der Waals surface area contributed by atoms with E-state index in [4.69, 9.17) is 10.5 Å². The summed E-state index contributed by atoms with van der Waals surface area (Å²) in [6.07, 6.45) is 0. The topological polar surface area (TPSA) is 35.2 Å². The van der Waals surface area contributed by atoms with E-state index < -0.39 is 11.6 Å². The average Bonchev–Trinajstić information content (AvgIpc) is 2.11. The van der Waals surface area contributed by atoms with Crippen LogP contribution in [0, 0.1) is 11.6 Å². The number of methoxy groups -OCH3 is 1. The first-order chi connectivity index (χ1) is 6.20. The van der Waals surface area contributed by atoms with Crippen LogP contribution in [0.15, 0.2) is 12.1 Å². The monoisotopic (exact) mass is 187 g/mol. The van der Waals surface area contributed by atoms with Crippen molar-refractivity contribution in [1.29, 1.82) is 0 Å². The number of halogens is 2. The van der Waals surface area contributed by atoms with Crippen LogP contribution in [-0.4, -0.2) is 7.11 Å². The molecule has 2 N–H and O–H groups in total. The van der Waals surface area contributed by atoms with Crippen LogP contribution in [-0.2, 0) is 17.9 Å². The lowest BCUT2D eigenvalue weighted by atomic mass is 10.1. The Morgan fingerprint density at radius 2 is 2.08 bits per heavy atom. The molecule has 0 bridgehead atoms. The maximum absolute atomic E-state index is 13.3. The third-order valence-corrected chi connectivity index (χ3v) is 1.77. The van der Waals surface area contributed by atoms with Crippen molar-refractivity contribution < 1.29 is 13.5 Å². The van der Waals surface area contributed by atoms with E-state index in [1.165, 1.54) is 19.2 Å². The Labute approximate surface area is 75.3 Å². The molecule has 0 heterocycles. The van der Waals surface area contributed by atoms with E-state index in [0.29, 0.717) is 5.56 Å². The van der Waals surface area contributed by atoms with E-state index in [9.17, 15) is 8.78 Å². The quantitative estimate of drug-likeness (QED) is 0.779. The summed E-state index contributed by atoms with van der Waals surface area (Å²) in [6.45, 7) is -0.0195. The molecule has 0 aliphatic carbocycles. The Balaban J connectivity index is 3.11. The molecule has 0 unspecified atom stereocenters. The maximum Gasteiger partial charge on any atom is 0.136 e. The Morgan fingerprint density at radius 3 is 2.62 bits per heavy atom. The third kappa shape index (κ3) is 2.02. The Hall–Kier alpha value is -1.00. The summed E-state index contributed by atoms with van der Waals surface area (Å²) in [6, 6.07) is 2.55. The summed E-state index contributed by atoms with van der Waals surface area (Å²) in [5.41, 5.74) is 5.43. The largest absolute Gasteiger partial charge is 0.380 e. The molecule has 1 aromatic rings. The first-order valence-corrected chi connectivity index (χ1v) is 3.85. The number of rotatable bonds is 3. The fourth-order valence-corrected chi connectivity index (χ4v) is 1.10. The zero-order valence-corrected chi connectivity index (χ0v) is 7.31. The second kappa shape index (κ2) is 4.30. The van der Waals surface area contributed by atoms with Crippen molar-refractivity contribution in [2.45, 2.75) is 13.2 Å². The molecule has 1 aromatic carbocycles. The minimum atomic E-state index is -0.611. The van der Waals surface area contributed by atoms with E-state index in [2.05, 4.69) is 0 Å². The molecule has 0 fully saturated rings. The maximum atomic E-state index is 13.3. The summed E-state index contributed by atoms with van der Waals surface area (Å²) in [4.78, 5) is 0. The fraction of sp³-hybridized carbons (Fsp3) is 0.333. The number of hydrogen-bond acceptors (Lipinski definition) is 2. The zero-order chi connectivity index (χ0) is 9.84. The van der Waals surface area contributed by atoms with E-state index in [1.807, 2.05) is 0 Å². The van der Waals surface area contributed by atoms with Crippen LogP contribution in [0.3, 0.4) is 0 Å². The normalized spacial score (nSPS) is 10.5. The minimum absolute atomic E-state index is 0.0884. The SMILES string of the molecule is COCc1ccc(F)c(CN)c1F. The number of nitrogens with two attached hydrogens (primary N) is 1. The third-order valence-electron chi connectivity index (χ3n) is 1.77. The van der Waals surface area contributed by atoms with E-state index in [0.717, 1.165) is 0 Å². The lowest BCUT2D eigenvalue weighted by molar-refractivity contribution is 0.181. The molecular weight excluding hydrogens is 176 g/mol. The predicted octanol–water partition coefficient (Wildman–Crippen LogP) is 1.57. The van der Waals surface area contributed by atoms with Crippen molar-refractivity contribution in [3.63, 3.8) is 0 Å². The van der Waals surface area contributed by atoms with Gasteiger partial charge in [0.2, 0.25) is 0 Å². The van der Waals surface area contributed by atoms with Gasteiger partial charge < -0.3 is 10.5 Å². The van der Waals surface area contributed by atoms with Gasteiger partial charge in [-0.1, -0.05) is 6.07 Å². The molecule has 0 saturated heterocycles. The van der Waals surface area contributed by atoms with E-state index in [-0.39, 0.29) is 18.7 Å². The lowest BCUT2D eigenvalue weighted by Crippen LogP contribution is -2.06. The number of ether oxygens (including phenoxy) is 1. The molecule has 0 aliphatic heterocycles. The van der Waals surface area contributed by atoms with Gasteiger partial charge in [-0.05, 0) is 6.07 Å². The van der Waals surface area contributed by atoms with Crippen LogP contribution < -0.4 is 5.73 Å². The van der Waals surface area contributed by atoms with Crippen molar-refractivity contribution in [3.8, 4) is 0 Å². The van der Waals surface area contributed by atoms with Crippen LogP contribution in [0.2, 0.25) is 0 Å². The van der Waals surface area contributed by atoms with Gasteiger partial charge >= 0.3 is 0 Å². The van der Waals surface area contributed by atoms with E-state index in [1.54, 1.807) is 0 Å². The van der Waals surface area contributed by atoms with Crippen molar-refractivity contribution in [2.75, 3.05) is 7.11 Å². The number of hydrogen-bond donors (Lipinski definition) is 1. The molecule has 0 radical (unpaired) electrons. The highest BCUT2D eigenvalue weighted by Crippen LogP contribution is 2.16. The fourth-order valence-electron chi connectivity index (χ4n) is 1.10. The lowest BCUT2D eigenvalue weighted by Gasteiger charge is -2.06. The smallest absolute Gasteiger partial charge is 0.136 e. The summed E-state index contributed by atoms with van der Waals surface area (Å²) in [5, 5.41) is 0. The Morgan fingerprint density at radius 1 is 1.38 bits per heavy atom. The summed E-state index contributed by atoms with van der Waals surface area (Å²) in [5.74, 6) is -1.22. The molecule has 0 amide bonds. The van der Waals surface area contributed by atoms with Gasteiger partial charge in [-0.3, -0.25) is 0 Å². The van der Waals surface area contributed by atoms with Gasteiger partial charge in [-0.2, -0.15) is 0 Å². The molecule has 72 valence electrons. The van der Waals surface area contributed by atoms with Crippen molar-refractivity contribution >= 4 is 0 Å². The predicted molar refractivity (Wildman–Crippen MR) is 45.0 cm³/mol. The first kappa shape index (κ1) is 10.1. The van der Waals surface area contributed by atoms with Gasteiger partial charge in [0, 0.05) is 24.8 Å². The summed E-state index contributed by atoms with van der Waals surface area (Å²) < 4.78 is 31.0. The Bertz CT molecular complexity index is 302. The van der Waals surface area contributed by atoms with Gasteiger partial charge in [-0.15, -0.1) is 0 Å². The molecular formula is C9H11F2NO. The molecule has 0 aromatic heterocycles. The molecule has 0 saturated carbocycles. The van der Waals surface area contributed by atoms with Gasteiger partial charge in [0.15, 0.2) is 0 Å². The first-order valence-electron chi connectivity index (χ1n) is 3.85. The molecule has 2 nitrogen and oxygen atoms in total. The standard InChI is InChI=1S/C9H11F2NO/c1-13-5-6-2-3-8(10)7(4-12)9(6)11/h2-3H,4-5,12H2,1H3. The van der Waals surface area contributed by atoms with Crippen molar-refractivity contribution in [3.05, 3.63) is 34.9 Å². The van der Waals surface area contributed by atoms with Crippen LogP contribution in [0.4, 0.5) is 8.78 Å². The van der Waals surface area contributed by atoms with Crippen LogP contribution in [0.5, 0.6) is 0 Å². The molecule has 0 atom stereocenters. The van der Waals surface area contributed by atoms with Crippen LogP contribution in [0.25, 0.3) is 0 Å². The highest BCUT2D eigenvalue weighted by molar-refractivity contribution is 5.26. The second-order valence-corrected chi connectivity index (χ2v) is 2.64. The highest BCUT2D eigenvalue weighted by Gasteiger charge is 2.11. The average molecular weight is 187 g/mol. The van der Waals surface area contributed by atoms with Gasteiger partial charge in [0.25, 0.3) is 0 Å². The Kier molecular flexibility index (Phi) is 3.33. The van der Waals surface area contributed by atoms with Gasteiger partial charge in [0.1, 0.15) is 11.6 Å². The zero-order valence-electron chi connectivity index (χ0n) is 7.31. The molecule has 0 spiro atoms. The second-order valence-electron chi connectivity index (χ2n) is 2.64. The van der Waals surface area contributed by atoms with Crippen molar-refractivity contribution in [2.24, 2.45) is 5.73 Å². The van der Waals surface area contributed by atoms with Crippen molar-refractivity contribution in [1.82, 2.24) is 0 Å². The molecule has 0 aliphatic rings. The van der Waals surface area contributed by atoms with Gasteiger partial charge in [-0.25, -0.2) is 8.78 Å². The van der Waals surface area contributed by atoms with Crippen LogP contribution >= 0.6 is 0 Å². The molecule has 1 rings (SSSR count). The highest BCUT2D eigenvalue weighted by atomic mass is 19.1.